The summed E-state index contributed by atoms with van der Waals surface area (Å²) < 4.78 is 10.6. The molecule has 0 fully saturated rings. The lowest BCUT2D eigenvalue weighted by Gasteiger charge is -2.32. The van der Waals surface area contributed by atoms with Gasteiger partial charge in [-0.2, -0.15) is 5.01 Å². The Hall–Kier alpha value is -3.88. The smallest absolute Gasteiger partial charge is 0.429 e. The van der Waals surface area contributed by atoms with E-state index in [9.17, 15) is 19.2 Å². The fraction of sp³-hybridized carbons (Fsp3) is 0.360. The monoisotopic (exact) mass is 467 g/mol. The molecule has 0 atom stereocenters. The zero-order valence-corrected chi connectivity index (χ0v) is 19.6. The number of ether oxygens (including phenoxy) is 2. The summed E-state index contributed by atoms with van der Waals surface area (Å²) in [6.07, 6.45) is -0.445. The highest BCUT2D eigenvalue weighted by Gasteiger charge is 2.42. The molecule has 2 aromatic carbocycles. The summed E-state index contributed by atoms with van der Waals surface area (Å²) in [5.41, 5.74) is 0.553. The number of alkyl carbamates (subject to hydrolysis) is 1. The van der Waals surface area contributed by atoms with Crippen LogP contribution in [-0.2, 0) is 16.1 Å². The van der Waals surface area contributed by atoms with Crippen molar-refractivity contribution in [3.8, 4) is 0 Å². The third-order valence-electron chi connectivity index (χ3n) is 4.90. The van der Waals surface area contributed by atoms with Crippen molar-refractivity contribution in [2.24, 2.45) is 0 Å². The van der Waals surface area contributed by atoms with Crippen LogP contribution < -0.4 is 5.32 Å². The van der Waals surface area contributed by atoms with Crippen molar-refractivity contribution in [1.29, 1.82) is 0 Å². The molecule has 1 aliphatic rings. The molecule has 1 N–H and O–H groups in total. The van der Waals surface area contributed by atoms with Gasteiger partial charge in [-0.05, 0) is 51.3 Å². The molecule has 0 saturated carbocycles. The van der Waals surface area contributed by atoms with Crippen molar-refractivity contribution in [1.82, 2.24) is 15.3 Å². The minimum absolute atomic E-state index is 0.0567. The Morgan fingerprint density at radius 2 is 1.50 bits per heavy atom. The Balaban J connectivity index is 1.54. The fourth-order valence-electron chi connectivity index (χ4n) is 3.33. The minimum atomic E-state index is -0.807. The number of carbonyl (C=O) groups excluding carboxylic acids is 4. The number of imide groups is 1. The summed E-state index contributed by atoms with van der Waals surface area (Å²) in [5.74, 6) is -1.15. The lowest BCUT2D eigenvalue weighted by molar-refractivity contribution is -0.0291. The molecular formula is C25H29N3O6. The molecule has 3 rings (SSSR count). The molecule has 2 aromatic rings. The topological polar surface area (TPSA) is 105 Å². The van der Waals surface area contributed by atoms with Gasteiger partial charge in [-0.3, -0.25) is 9.59 Å². The molecule has 1 heterocycles. The lowest BCUT2D eigenvalue weighted by Crippen LogP contribution is -2.51. The molecule has 9 nitrogen and oxygen atoms in total. The Kier molecular flexibility index (Phi) is 7.88. The van der Waals surface area contributed by atoms with Gasteiger partial charge in [0.15, 0.2) is 0 Å². The second-order valence-electron chi connectivity index (χ2n) is 8.77. The molecule has 0 aliphatic carbocycles. The van der Waals surface area contributed by atoms with E-state index in [1.54, 1.807) is 45.0 Å². The van der Waals surface area contributed by atoms with Crippen LogP contribution >= 0.6 is 0 Å². The number of unbranched alkanes of at least 4 members (excludes halogenated alkanes) is 1. The average molecular weight is 468 g/mol. The molecule has 1 aliphatic heterocycles. The molecule has 0 unspecified atom stereocenters. The number of benzene rings is 2. The second kappa shape index (κ2) is 10.8. The highest BCUT2D eigenvalue weighted by atomic mass is 16.6. The molecule has 4 amide bonds. The van der Waals surface area contributed by atoms with E-state index in [2.05, 4.69) is 5.32 Å². The van der Waals surface area contributed by atoms with Crippen LogP contribution in [0.15, 0.2) is 54.6 Å². The van der Waals surface area contributed by atoms with E-state index >= 15 is 0 Å². The van der Waals surface area contributed by atoms with Gasteiger partial charge in [0.1, 0.15) is 12.2 Å². The van der Waals surface area contributed by atoms with E-state index < -0.39 is 29.6 Å². The van der Waals surface area contributed by atoms with E-state index in [4.69, 9.17) is 9.47 Å². The van der Waals surface area contributed by atoms with E-state index in [0.29, 0.717) is 19.4 Å². The number of hydrogen-bond donors (Lipinski definition) is 1. The van der Waals surface area contributed by atoms with Gasteiger partial charge < -0.3 is 14.8 Å². The van der Waals surface area contributed by atoms with Crippen LogP contribution in [0.5, 0.6) is 0 Å². The van der Waals surface area contributed by atoms with Gasteiger partial charge in [-0.25, -0.2) is 14.6 Å². The van der Waals surface area contributed by atoms with Crippen molar-refractivity contribution < 1.29 is 28.7 Å². The fourth-order valence-corrected chi connectivity index (χ4v) is 3.33. The average Bonchev–Trinajstić information content (AvgIpc) is 3.04. The maximum absolute atomic E-state index is 12.9. The molecule has 9 heteroatoms. The van der Waals surface area contributed by atoms with Gasteiger partial charge in [-0.1, -0.05) is 42.5 Å². The zero-order chi connectivity index (χ0) is 24.7. The minimum Gasteiger partial charge on any atom is -0.445 e. The van der Waals surface area contributed by atoms with Gasteiger partial charge in [0, 0.05) is 13.1 Å². The summed E-state index contributed by atoms with van der Waals surface area (Å²) in [5, 5.41) is 4.52. The molecule has 0 spiro atoms. The Labute approximate surface area is 198 Å². The standard InChI is InChI=1S/C25H29N3O6/c1-25(2,3)34-24(32)27(28-21(29)19-13-7-8-14-20(19)22(28)30)16-10-9-15-26-23(31)33-17-18-11-5-4-6-12-18/h4-8,11-14H,9-10,15-17H2,1-3H3,(H,26,31). The first-order valence-corrected chi connectivity index (χ1v) is 11.1. The van der Waals surface area contributed by atoms with Crippen LogP contribution in [0.1, 0.15) is 59.9 Å². The molecular weight excluding hydrogens is 438 g/mol. The third kappa shape index (κ3) is 6.34. The first-order chi connectivity index (χ1) is 16.2. The van der Waals surface area contributed by atoms with Crippen molar-refractivity contribution in [2.75, 3.05) is 13.1 Å². The van der Waals surface area contributed by atoms with E-state index in [-0.39, 0.29) is 24.3 Å². The maximum atomic E-state index is 12.9. The Bertz CT molecular complexity index is 1010. The van der Waals surface area contributed by atoms with Gasteiger partial charge in [-0.15, -0.1) is 0 Å². The number of fused-ring (bicyclic) bond motifs is 1. The summed E-state index contributed by atoms with van der Waals surface area (Å²) in [4.78, 5) is 50.5. The van der Waals surface area contributed by atoms with E-state index in [1.165, 1.54) is 0 Å². The van der Waals surface area contributed by atoms with Gasteiger partial charge >= 0.3 is 12.2 Å². The van der Waals surface area contributed by atoms with Crippen LogP contribution in [0.2, 0.25) is 0 Å². The Morgan fingerprint density at radius 3 is 2.09 bits per heavy atom. The van der Waals surface area contributed by atoms with Gasteiger partial charge in [0.25, 0.3) is 11.8 Å². The number of nitrogens with one attached hydrogen (secondary N) is 1. The largest absolute Gasteiger partial charge is 0.445 e. The number of hydrazine groups is 1. The van der Waals surface area contributed by atoms with Crippen LogP contribution in [0.25, 0.3) is 0 Å². The normalized spacial score (nSPS) is 12.9. The molecule has 0 aromatic heterocycles. The number of nitrogens with zero attached hydrogens (tertiary/aromatic N) is 2. The molecule has 0 bridgehead atoms. The van der Waals surface area contributed by atoms with Crippen molar-refractivity contribution in [2.45, 2.75) is 45.8 Å². The summed E-state index contributed by atoms with van der Waals surface area (Å²) in [6.45, 7) is 5.64. The molecule has 0 saturated heterocycles. The summed E-state index contributed by atoms with van der Waals surface area (Å²) >= 11 is 0. The van der Waals surface area contributed by atoms with Crippen molar-refractivity contribution >= 4 is 24.0 Å². The maximum Gasteiger partial charge on any atom is 0.429 e. The SMILES string of the molecule is CC(C)(C)OC(=O)N(CCCCNC(=O)OCc1ccccc1)N1C(=O)c2ccccc2C1=O. The van der Waals surface area contributed by atoms with Crippen molar-refractivity contribution in [3.63, 3.8) is 0 Å². The van der Waals surface area contributed by atoms with Gasteiger partial charge in [0.2, 0.25) is 0 Å². The van der Waals surface area contributed by atoms with E-state index in [0.717, 1.165) is 15.6 Å². The van der Waals surface area contributed by atoms with Crippen LogP contribution in [0, 0.1) is 0 Å². The first-order valence-electron chi connectivity index (χ1n) is 11.1. The lowest BCUT2D eigenvalue weighted by atomic mass is 10.1. The second-order valence-corrected chi connectivity index (χ2v) is 8.77. The molecule has 180 valence electrons. The zero-order valence-electron chi connectivity index (χ0n) is 19.6. The van der Waals surface area contributed by atoms with Crippen LogP contribution in [-0.4, -0.2) is 52.7 Å². The third-order valence-corrected chi connectivity index (χ3v) is 4.90. The summed E-state index contributed by atoms with van der Waals surface area (Å²) in [7, 11) is 0. The first kappa shape index (κ1) is 24.8. The Morgan fingerprint density at radius 1 is 0.912 bits per heavy atom. The van der Waals surface area contributed by atoms with Crippen LogP contribution in [0.4, 0.5) is 9.59 Å². The molecule has 34 heavy (non-hydrogen) atoms. The number of rotatable bonds is 8. The highest BCUT2D eigenvalue weighted by Crippen LogP contribution is 2.25. The summed E-state index contributed by atoms with van der Waals surface area (Å²) in [6, 6.07) is 15.7. The quantitative estimate of drug-likeness (QED) is 0.462. The number of amides is 4. The molecule has 0 radical (unpaired) electrons. The van der Waals surface area contributed by atoms with Crippen LogP contribution in [0.3, 0.4) is 0 Å². The predicted octanol–water partition coefficient (Wildman–Crippen LogP) is 4.14. The predicted molar refractivity (Wildman–Crippen MR) is 124 cm³/mol. The van der Waals surface area contributed by atoms with E-state index in [1.807, 2.05) is 30.3 Å². The van der Waals surface area contributed by atoms with Gasteiger partial charge in [0.05, 0.1) is 11.1 Å². The van der Waals surface area contributed by atoms with Crippen molar-refractivity contribution in [3.05, 3.63) is 71.3 Å². The highest BCUT2D eigenvalue weighted by molar-refractivity contribution is 6.21. The number of hydrogen-bond acceptors (Lipinski definition) is 6. The number of carbonyl (C=O) groups is 4.